The third kappa shape index (κ3) is 2.12. The van der Waals surface area contributed by atoms with Gasteiger partial charge in [-0.1, -0.05) is 48.5 Å². The summed E-state index contributed by atoms with van der Waals surface area (Å²) < 4.78 is 0. The standard InChI is InChI=1S/C21H13N3/c1-23-18-11-10-17(14-22)21(13-18)24-19-8-4-2-6-15(19)12-16-7-3-5-9-20(16)24/h2-11,13H,12H2. The number of fused-ring (bicyclic) bond motifs is 2. The maximum Gasteiger partial charge on any atom is 0.189 e. The van der Waals surface area contributed by atoms with Crippen LogP contribution in [0.25, 0.3) is 4.85 Å². The van der Waals surface area contributed by atoms with E-state index < -0.39 is 0 Å². The third-order valence-corrected chi connectivity index (χ3v) is 4.32. The Labute approximate surface area is 140 Å². The molecule has 3 nitrogen and oxygen atoms in total. The second-order valence-corrected chi connectivity index (χ2v) is 5.69. The van der Waals surface area contributed by atoms with Crippen LogP contribution >= 0.6 is 0 Å². The topological polar surface area (TPSA) is 31.4 Å². The summed E-state index contributed by atoms with van der Waals surface area (Å²) in [5.74, 6) is 0. The van der Waals surface area contributed by atoms with Crippen molar-refractivity contribution in [3.05, 3.63) is 94.8 Å². The van der Waals surface area contributed by atoms with E-state index in [1.54, 1.807) is 18.2 Å². The first-order valence-electron chi connectivity index (χ1n) is 7.69. The van der Waals surface area contributed by atoms with Crippen molar-refractivity contribution in [1.82, 2.24) is 0 Å². The molecule has 0 spiro atoms. The van der Waals surface area contributed by atoms with Crippen LogP contribution in [-0.2, 0) is 6.42 Å². The molecule has 1 aliphatic heterocycles. The molecule has 4 rings (SSSR count). The molecular weight excluding hydrogens is 294 g/mol. The molecule has 0 unspecified atom stereocenters. The smallest absolute Gasteiger partial charge is 0.189 e. The average molecular weight is 307 g/mol. The molecule has 3 heteroatoms. The van der Waals surface area contributed by atoms with Gasteiger partial charge in [-0.15, -0.1) is 0 Å². The van der Waals surface area contributed by atoms with Crippen molar-refractivity contribution < 1.29 is 0 Å². The lowest BCUT2D eigenvalue weighted by molar-refractivity contribution is 1.09. The van der Waals surface area contributed by atoms with Gasteiger partial charge in [-0.3, -0.25) is 0 Å². The normalized spacial score (nSPS) is 11.8. The molecule has 0 fully saturated rings. The first kappa shape index (κ1) is 14.1. The molecule has 3 aromatic rings. The van der Waals surface area contributed by atoms with E-state index in [2.05, 4.69) is 40.1 Å². The Kier molecular flexibility index (Phi) is 3.26. The van der Waals surface area contributed by atoms with Crippen LogP contribution in [-0.4, -0.2) is 0 Å². The number of benzene rings is 3. The zero-order valence-corrected chi connectivity index (χ0v) is 12.9. The van der Waals surface area contributed by atoms with Gasteiger partial charge in [0.25, 0.3) is 0 Å². The molecule has 0 aromatic heterocycles. The predicted octanol–water partition coefficient (Wildman–Crippen LogP) is 5.48. The summed E-state index contributed by atoms with van der Waals surface area (Å²) in [6.45, 7) is 7.30. The van der Waals surface area contributed by atoms with Crippen LogP contribution < -0.4 is 4.90 Å². The molecule has 0 N–H and O–H groups in total. The highest BCUT2D eigenvalue weighted by molar-refractivity contribution is 5.87. The highest BCUT2D eigenvalue weighted by Crippen LogP contribution is 2.45. The Morgan fingerprint density at radius 1 is 0.875 bits per heavy atom. The Balaban J connectivity index is 2.03. The fourth-order valence-corrected chi connectivity index (χ4v) is 3.22. The van der Waals surface area contributed by atoms with Gasteiger partial charge in [-0.05, 0) is 29.3 Å². The summed E-state index contributed by atoms with van der Waals surface area (Å²) in [7, 11) is 0. The summed E-state index contributed by atoms with van der Waals surface area (Å²) in [6.07, 6.45) is 0.868. The molecule has 0 atom stereocenters. The highest BCUT2D eigenvalue weighted by Gasteiger charge is 2.25. The van der Waals surface area contributed by atoms with Crippen molar-refractivity contribution in [3.63, 3.8) is 0 Å². The van der Waals surface area contributed by atoms with Crippen LogP contribution in [0.5, 0.6) is 0 Å². The van der Waals surface area contributed by atoms with Gasteiger partial charge in [0.15, 0.2) is 5.69 Å². The maximum atomic E-state index is 9.55. The van der Waals surface area contributed by atoms with Crippen molar-refractivity contribution in [2.45, 2.75) is 6.42 Å². The van der Waals surface area contributed by atoms with Crippen molar-refractivity contribution >= 4 is 22.7 Å². The van der Waals surface area contributed by atoms with Crippen LogP contribution in [0.15, 0.2) is 66.7 Å². The number of para-hydroxylation sites is 2. The van der Waals surface area contributed by atoms with Crippen molar-refractivity contribution in [1.29, 1.82) is 5.26 Å². The van der Waals surface area contributed by atoms with Crippen LogP contribution in [0.4, 0.5) is 22.7 Å². The summed E-state index contributed by atoms with van der Waals surface area (Å²) in [6, 6.07) is 23.9. The van der Waals surface area contributed by atoms with E-state index in [0.717, 1.165) is 23.5 Å². The molecule has 0 aliphatic carbocycles. The first-order valence-corrected chi connectivity index (χ1v) is 7.69. The fourth-order valence-electron chi connectivity index (χ4n) is 3.22. The molecule has 112 valence electrons. The van der Waals surface area contributed by atoms with Gasteiger partial charge in [-0.2, -0.15) is 5.26 Å². The van der Waals surface area contributed by atoms with Gasteiger partial charge < -0.3 is 4.90 Å². The molecular formula is C21H13N3. The van der Waals surface area contributed by atoms with E-state index >= 15 is 0 Å². The Morgan fingerprint density at radius 3 is 2.08 bits per heavy atom. The van der Waals surface area contributed by atoms with Gasteiger partial charge in [0.1, 0.15) is 6.07 Å². The van der Waals surface area contributed by atoms with Crippen molar-refractivity contribution in [2.24, 2.45) is 0 Å². The highest BCUT2D eigenvalue weighted by atomic mass is 15.2. The lowest BCUT2D eigenvalue weighted by atomic mass is 9.94. The Bertz CT molecular complexity index is 976. The van der Waals surface area contributed by atoms with E-state index in [0.29, 0.717) is 11.3 Å². The van der Waals surface area contributed by atoms with Crippen molar-refractivity contribution in [3.8, 4) is 6.07 Å². The number of hydrogen-bond acceptors (Lipinski definition) is 2. The monoisotopic (exact) mass is 307 g/mol. The van der Waals surface area contributed by atoms with Gasteiger partial charge in [0.05, 0.1) is 17.8 Å². The lowest BCUT2D eigenvalue weighted by Gasteiger charge is -2.34. The second kappa shape index (κ2) is 5.57. The summed E-state index contributed by atoms with van der Waals surface area (Å²) >= 11 is 0. The van der Waals surface area contributed by atoms with Crippen LogP contribution in [0.3, 0.4) is 0 Å². The third-order valence-electron chi connectivity index (χ3n) is 4.32. The van der Waals surface area contributed by atoms with Crippen LogP contribution in [0.1, 0.15) is 16.7 Å². The van der Waals surface area contributed by atoms with E-state index in [1.165, 1.54) is 11.1 Å². The summed E-state index contributed by atoms with van der Waals surface area (Å²) in [5.41, 5.74) is 6.41. The van der Waals surface area contributed by atoms with Gasteiger partial charge in [-0.25, -0.2) is 4.85 Å². The number of nitrogens with zero attached hydrogens (tertiary/aromatic N) is 3. The predicted molar refractivity (Wildman–Crippen MR) is 94.9 cm³/mol. The van der Waals surface area contributed by atoms with Gasteiger partial charge in [0, 0.05) is 17.8 Å². The number of anilines is 3. The minimum absolute atomic E-state index is 0.532. The van der Waals surface area contributed by atoms with Gasteiger partial charge >= 0.3 is 0 Å². The molecule has 3 aromatic carbocycles. The van der Waals surface area contributed by atoms with Crippen LogP contribution in [0.2, 0.25) is 0 Å². The molecule has 0 saturated carbocycles. The molecule has 0 amide bonds. The van der Waals surface area contributed by atoms with E-state index in [9.17, 15) is 5.26 Å². The zero-order valence-electron chi connectivity index (χ0n) is 12.9. The molecule has 1 aliphatic rings. The Morgan fingerprint density at radius 2 is 1.50 bits per heavy atom. The molecule has 1 heterocycles. The van der Waals surface area contributed by atoms with Crippen molar-refractivity contribution in [2.75, 3.05) is 4.90 Å². The van der Waals surface area contributed by atoms with Gasteiger partial charge in [0.2, 0.25) is 0 Å². The van der Waals surface area contributed by atoms with Crippen LogP contribution in [0, 0.1) is 17.9 Å². The largest absolute Gasteiger partial charge is 0.310 e. The van der Waals surface area contributed by atoms with E-state index in [-0.39, 0.29) is 0 Å². The fraction of sp³-hybridized carbons (Fsp3) is 0.0476. The quantitative estimate of drug-likeness (QED) is 0.436. The average Bonchev–Trinajstić information content (AvgIpc) is 2.65. The SMILES string of the molecule is [C-]#[N+]c1ccc(C#N)c(N2c3ccccc3Cc3ccccc32)c1. The minimum atomic E-state index is 0.532. The van der Waals surface area contributed by atoms with E-state index in [4.69, 9.17) is 6.57 Å². The second-order valence-electron chi connectivity index (χ2n) is 5.69. The van der Waals surface area contributed by atoms with E-state index in [1.807, 2.05) is 24.3 Å². The zero-order chi connectivity index (χ0) is 16.5. The number of rotatable bonds is 1. The summed E-state index contributed by atoms with van der Waals surface area (Å²) in [5, 5.41) is 9.55. The number of nitriles is 1. The lowest BCUT2D eigenvalue weighted by Crippen LogP contribution is -2.19. The Hall–Kier alpha value is -3.56. The first-order chi connectivity index (χ1) is 11.8. The molecule has 0 saturated heterocycles. The minimum Gasteiger partial charge on any atom is -0.310 e. The maximum absolute atomic E-state index is 9.55. The molecule has 24 heavy (non-hydrogen) atoms. The number of hydrogen-bond donors (Lipinski definition) is 0. The molecule has 0 radical (unpaired) electrons. The summed E-state index contributed by atoms with van der Waals surface area (Å²) in [4.78, 5) is 5.63. The molecule has 0 bridgehead atoms.